The van der Waals surface area contributed by atoms with Gasteiger partial charge in [-0.2, -0.15) is 0 Å². The van der Waals surface area contributed by atoms with Gasteiger partial charge in [0.25, 0.3) is 11.4 Å². The molecule has 0 aliphatic carbocycles. The number of non-ortho nitro benzene ring substituents is 2. The van der Waals surface area contributed by atoms with Crippen LogP contribution in [-0.2, 0) is 0 Å². The number of nitro benzene ring substituents is 2. The third-order valence-corrected chi connectivity index (χ3v) is 6.09. The van der Waals surface area contributed by atoms with Gasteiger partial charge in [0, 0.05) is 41.3 Å². The maximum atomic E-state index is 11.0. The highest BCUT2D eigenvalue weighted by Crippen LogP contribution is 2.36. The van der Waals surface area contributed by atoms with Crippen LogP contribution in [0.4, 0.5) is 28.4 Å². The van der Waals surface area contributed by atoms with Crippen LogP contribution in [0.15, 0.2) is 127 Å². The van der Waals surface area contributed by atoms with Gasteiger partial charge < -0.3 is 4.90 Å². The highest BCUT2D eigenvalue weighted by molar-refractivity contribution is 5.79. The highest BCUT2D eigenvalue weighted by Gasteiger charge is 2.13. The zero-order chi connectivity index (χ0) is 25.8. The molecule has 7 heteroatoms. The molecule has 0 spiro atoms. The SMILES string of the molecule is O=[N+]([O-])c1ccc(-c2ccc(N(c3ccccc3)c3ccc(-c4ccc([N+](=O)[O-])cc4)cc3)cc2)cc1. The van der Waals surface area contributed by atoms with Crippen LogP contribution in [0.1, 0.15) is 0 Å². The van der Waals surface area contributed by atoms with Crippen LogP contribution in [0.5, 0.6) is 0 Å². The lowest BCUT2D eigenvalue weighted by molar-refractivity contribution is -0.385. The highest BCUT2D eigenvalue weighted by atomic mass is 16.6. The molecule has 0 N–H and O–H groups in total. The molecule has 0 saturated heterocycles. The Hall–Kier alpha value is -5.30. The molecule has 5 aromatic carbocycles. The van der Waals surface area contributed by atoms with E-state index in [-0.39, 0.29) is 11.4 Å². The first-order chi connectivity index (χ1) is 18.0. The molecular formula is C30H21N3O4. The van der Waals surface area contributed by atoms with Crippen LogP contribution in [0.3, 0.4) is 0 Å². The molecular weight excluding hydrogens is 466 g/mol. The van der Waals surface area contributed by atoms with Crippen molar-refractivity contribution in [2.45, 2.75) is 0 Å². The largest absolute Gasteiger partial charge is 0.311 e. The van der Waals surface area contributed by atoms with Gasteiger partial charge in [0.05, 0.1) is 9.85 Å². The fourth-order valence-corrected chi connectivity index (χ4v) is 4.18. The first-order valence-electron chi connectivity index (χ1n) is 11.5. The molecule has 0 bridgehead atoms. The molecule has 0 fully saturated rings. The molecule has 0 aliphatic heterocycles. The summed E-state index contributed by atoms with van der Waals surface area (Å²) in [5, 5.41) is 21.9. The Morgan fingerprint density at radius 2 is 0.703 bits per heavy atom. The quantitative estimate of drug-likeness (QED) is 0.170. The van der Waals surface area contributed by atoms with E-state index in [9.17, 15) is 20.2 Å². The summed E-state index contributed by atoms with van der Waals surface area (Å²) >= 11 is 0. The Balaban J connectivity index is 1.46. The summed E-state index contributed by atoms with van der Waals surface area (Å²) in [4.78, 5) is 23.2. The van der Waals surface area contributed by atoms with E-state index in [1.165, 1.54) is 24.3 Å². The molecule has 0 amide bonds. The van der Waals surface area contributed by atoms with Gasteiger partial charge in [-0.05, 0) is 82.9 Å². The number of para-hydroxylation sites is 1. The molecule has 0 aliphatic rings. The maximum Gasteiger partial charge on any atom is 0.269 e. The smallest absolute Gasteiger partial charge is 0.269 e. The van der Waals surface area contributed by atoms with Crippen molar-refractivity contribution in [3.8, 4) is 22.3 Å². The van der Waals surface area contributed by atoms with E-state index in [0.29, 0.717) is 0 Å². The second-order valence-corrected chi connectivity index (χ2v) is 8.37. The van der Waals surface area contributed by atoms with Crippen molar-refractivity contribution in [3.63, 3.8) is 0 Å². The van der Waals surface area contributed by atoms with E-state index in [4.69, 9.17) is 0 Å². The Morgan fingerprint density at radius 3 is 1.03 bits per heavy atom. The normalized spacial score (nSPS) is 10.6. The summed E-state index contributed by atoms with van der Waals surface area (Å²) in [6.07, 6.45) is 0. The second-order valence-electron chi connectivity index (χ2n) is 8.37. The predicted octanol–water partition coefficient (Wildman–Crippen LogP) is 8.31. The summed E-state index contributed by atoms with van der Waals surface area (Å²) in [5.74, 6) is 0. The monoisotopic (exact) mass is 487 g/mol. The Morgan fingerprint density at radius 1 is 0.405 bits per heavy atom. The molecule has 180 valence electrons. The first-order valence-corrected chi connectivity index (χ1v) is 11.5. The summed E-state index contributed by atoms with van der Waals surface area (Å²) < 4.78 is 0. The van der Waals surface area contributed by atoms with Crippen molar-refractivity contribution in [1.29, 1.82) is 0 Å². The predicted molar refractivity (Wildman–Crippen MR) is 145 cm³/mol. The van der Waals surface area contributed by atoms with Gasteiger partial charge in [0.15, 0.2) is 0 Å². The van der Waals surface area contributed by atoms with Crippen molar-refractivity contribution < 1.29 is 9.85 Å². The van der Waals surface area contributed by atoms with Gasteiger partial charge in [-0.1, -0.05) is 42.5 Å². The average Bonchev–Trinajstić information content (AvgIpc) is 2.95. The number of nitrogens with zero attached hydrogens (tertiary/aromatic N) is 3. The number of hydrogen-bond acceptors (Lipinski definition) is 5. The van der Waals surface area contributed by atoms with E-state index in [1.807, 2.05) is 78.9 Å². The van der Waals surface area contributed by atoms with Crippen LogP contribution in [0, 0.1) is 20.2 Å². The Kier molecular flexibility index (Phi) is 6.42. The van der Waals surface area contributed by atoms with E-state index in [0.717, 1.165) is 39.3 Å². The molecule has 0 saturated carbocycles. The van der Waals surface area contributed by atoms with Gasteiger partial charge in [0.2, 0.25) is 0 Å². The zero-order valence-electron chi connectivity index (χ0n) is 19.6. The summed E-state index contributed by atoms with van der Waals surface area (Å²) in [6, 6.07) is 39.1. The third kappa shape index (κ3) is 5.06. The molecule has 0 unspecified atom stereocenters. The molecule has 0 radical (unpaired) electrons. The molecule has 0 atom stereocenters. The van der Waals surface area contributed by atoms with Crippen LogP contribution in [0.2, 0.25) is 0 Å². The van der Waals surface area contributed by atoms with Crippen LogP contribution in [-0.4, -0.2) is 9.85 Å². The minimum absolute atomic E-state index is 0.0628. The van der Waals surface area contributed by atoms with Gasteiger partial charge in [-0.25, -0.2) is 0 Å². The van der Waals surface area contributed by atoms with E-state index < -0.39 is 9.85 Å². The Bertz CT molecular complexity index is 1430. The fourth-order valence-electron chi connectivity index (χ4n) is 4.18. The zero-order valence-corrected chi connectivity index (χ0v) is 19.6. The minimum atomic E-state index is -0.405. The summed E-state index contributed by atoms with van der Waals surface area (Å²) in [5.41, 5.74) is 6.75. The number of benzene rings is 5. The standard InChI is InChI=1S/C30H21N3O4/c34-32(35)29-18-10-24(11-19-29)22-6-14-27(15-7-22)31(26-4-2-1-3-5-26)28-16-8-23(9-17-28)25-12-20-30(21-13-25)33(36)37/h1-21H. The van der Waals surface area contributed by atoms with Crippen molar-refractivity contribution in [2.24, 2.45) is 0 Å². The molecule has 7 nitrogen and oxygen atoms in total. The minimum Gasteiger partial charge on any atom is -0.311 e. The number of hydrogen-bond donors (Lipinski definition) is 0. The lowest BCUT2D eigenvalue weighted by Gasteiger charge is -2.26. The van der Waals surface area contributed by atoms with Crippen LogP contribution >= 0.6 is 0 Å². The van der Waals surface area contributed by atoms with Crippen molar-refractivity contribution in [3.05, 3.63) is 148 Å². The van der Waals surface area contributed by atoms with Crippen molar-refractivity contribution in [1.82, 2.24) is 0 Å². The van der Waals surface area contributed by atoms with Gasteiger partial charge in [0.1, 0.15) is 0 Å². The molecule has 5 aromatic rings. The van der Waals surface area contributed by atoms with Gasteiger partial charge >= 0.3 is 0 Å². The van der Waals surface area contributed by atoms with Crippen molar-refractivity contribution in [2.75, 3.05) is 4.90 Å². The number of anilines is 3. The lowest BCUT2D eigenvalue weighted by atomic mass is 10.0. The maximum absolute atomic E-state index is 11.0. The van der Waals surface area contributed by atoms with E-state index in [1.54, 1.807) is 24.3 Å². The van der Waals surface area contributed by atoms with E-state index >= 15 is 0 Å². The number of rotatable bonds is 7. The third-order valence-electron chi connectivity index (χ3n) is 6.09. The fraction of sp³-hybridized carbons (Fsp3) is 0. The average molecular weight is 488 g/mol. The lowest BCUT2D eigenvalue weighted by Crippen LogP contribution is -2.09. The van der Waals surface area contributed by atoms with Gasteiger partial charge in [-0.15, -0.1) is 0 Å². The molecule has 0 heterocycles. The molecule has 37 heavy (non-hydrogen) atoms. The first kappa shape index (κ1) is 23.4. The number of nitro groups is 2. The van der Waals surface area contributed by atoms with Crippen LogP contribution in [0.25, 0.3) is 22.3 Å². The van der Waals surface area contributed by atoms with Gasteiger partial charge in [-0.3, -0.25) is 20.2 Å². The summed E-state index contributed by atoms with van der Waals surface area (Å²) in [6.45, 7) is 0. The molecule has 5 rings (SSSR count). The Labute approximate surface area is 213 Å². The second kappa shape index (κ2) is 10.1. The van der Waals surface area contributed by atoms with Crippen LogP contribution < -0.4 is 4.90 Å². The van der Waals surface area contributed by atoms with Crippen molar-refractivity contribution >= 4 is 28.4 Å². The summed E-state index contributed by atoms with van der Waals surface area (Å²) in [7, 11) is 0. The molecule has 0 aromatic heterocycles. The topological polar surface area (TPSA) is 89.5 Å². The van der Waals surface area contributed by atoms with E-state index in [2.05, 4.69) is 4.90 Å².